The smallest absolute Gasteiger partial charge is 0.185 e. The molecule has 0 aliphatic carbocycles. The Morgan fingerprint density at radius 2 is 2.58 bits per heavy atom. The Balaban J connectivity index is 2.24. The first-order chi connectivity index (χ1) is 5.83. The molecule has 0 radical (unpaired) electrons. The molecule has 0 saturated heterocycles. The Labute approximate surface area is 81.3 Å². The van der Waals surface area contributed by atoms with Gasteiger partial charge in [0.05, 0.1) is 0 Å². The van der Waals surface area contributed by atoms with Crippen LogP contribution in [0.5, 0.6) is 0 Å². The molecule has 0 amide bonds. The van der Waals surface area contributed by atoms with Gasteiger partial charge in [0.25, 0.3) is 0 Å². The quantitative estimate of drug-likeness (QED) is 0.599. The summed E-state index contributed by atoms with van der Waals surface area (Å²) in [5.41, 5.74) is 0. The molecule has 0 spiro atoms. The number of nitrogens with zero attached hydrogens (tertiary/aromatic N) is 1. The van der Waals surface area contributed by atoms with Crippen molar-refractivity contribution < 1.29 is 0 Å². The molecule has 0 aliphatic heterocycles. The van der Waals surface area contributed by atoms with Gasteiger partial charge in [0, 0.05) is 11.9 Å². The summed E-state index contributed by atoms with van der Waals surface area (Å²) in [7, 11) is 0. The van der Waals surface area contributed by atoms with Crippen molar-refractivity contribution in [2.24, 2.45) is 0 Å². The van der Waals surface area contributed by atoms with Crippen molar-refractivity contribution in [1.82, 2.24) is 4.98 Å². The van der Waals surface area contributed by atoms with Gasteiger partial charge in [0.2, 0.25) is 0 Å². The van der Waals surface area contributed by atoms with Gasteiger partial charge in [-0.05, 0) is 13.3 Å². The van der Waals surface area contributed by atoms with Crippen LogP contribution in [-0.4, -0.2) is 11.5 Å². The number of halogens is 1. The van der Waals surface area contributed by atoms with Crippen molar-refractivity contribution in [3.05, 3.63) is 22.0 Å². The lowest BCUT2D eigenvalue weighted by Crippen LogP contribution is -1.99. The molecule has 0 atom stereocenters. The first kappa shape index (κ1) is 9.55. The van der Waals surface area contributed by atoms with E-state index in [2.05, 4.69) is 16.4 Å². The van der Waals surface area contributed by atoms with Crippen LogP contribution in [0.4, 0.5) is 5.82 Å². The molecule has 1 aromatic heterocycles. The third kappa shape index (κ3) is 3.24. The lowest BCUT2D eigenvalue weighted by molar-refractivity contribution is 1.05. The number of rotatable bonds is 4. The molecule has 2 nitrogen and oxygen atoms in total. The Kier molecular flexibility index (Phi) is 4.11. The van der Waals surface area contributed by atoms with Gasteiger partial charge < -0.3 is 5.32 Å². The van der Waals surface area contributed by atoms with Crippen LogP contribution in [0.15, 0.2) is 17.5 Å². The summed E-state index contributed by atoms with van der Waals surface area (Å²) in [6.45, 7) is 2.92. The van der Waals surface area contributed by atoms with E-state index in [1.54, 1.807) is 0 Å². The summed E-state index contributed by atoms with van der Waals surface area (Å²) < 4.78 is 0.587. The molecule has 0 aliphatic rings. The third-order valence-corrected chi connectivity index (χ3v) is 2.31. The second-order valence-corrected chi connectivity index (χ2v) is 3.71. The molecule has 4 heteroatoms. The highest BCUT2D eigenvalue weighted by atomic mass is 35.5. The molecule has 1 heterocycles. The van der Waals surface area contributed by atoms with E-state index in [1.807, 2.05) is 18.4 Å². The van der Waals surface area contributed by atoms with Crippen LogP contribution >= 0.6 is 22.9 Å². The summed E-state index contributed by atoms with van der Waals surface area (Å²) in [4.78, 5) is 4.06. The van der Waals surface area contributed by atoms with Gasteiger partial charge >= 0.3 is 0 Å². The molecule has 1 aromatic rings. The molecule has 66 valence electrons. The maximum absolute atomic E-state index is 5.65. The highest BCUT2D eigenvalue weighted by Crippen LogP contribution is 2.18. The summed E-state index contributed by atoms with van der Waals surface area (Å²) >= 11 is 7.10. The zero-order valence-electron chi connectivity index (χ0n) is 6.88. The Bertz CT molecular complexity index is 257. The lowest BCUT2D eigenvalue weighted by atomic mass is 10.4. The summed E-state index contributed by atoms with van der Waals surface area (Å²) in [5.74, 6) is 0.870. The van der Waals surface area contributed by atoms with E-state index < -0.39 is 0 Å². The molecule has 1 rings (SSSR count). The fourth-order valence-corrected chi connectivity index (χ4v) is 1.50. The van der Waals surface area contributed by atoms with Crippen LogP contribution in [0.2, 0.25) is 4.47 Å². The molecule has 0 bridgehead atoms. The molecule has 0 saturated carbocycles. The predicted octanol–water partition coefficient (Wildman–Crippen LogP) is 3.17. The van der Waals surface area contributed by atoms with Crippen LogP contribution in [0.1, 0.15) is 13.3 Å². The maximum Gasteiger partial charge on any atom is 0.185 e. The lowest BCUT2D eigenvalue weighted by Gasteiger charge is -1.97. The van der Waals surface area contributed by atoms with E-state index in [0.29, 0.717) is 4.47 Å². The Morgan fingerprint density at radius 1 is 1.75 bits per heavy atom. The van der Waals surface area contributed by atoms with Crippen molar-refractivity contribution in [2.75, 3.05) is 11.9 Å². The van der Waals surface area contributed by atoms with Gasteiger partial charge in [-0.25, -0.2) is 4.98 Å². The number of anilines is 1. The molecule has 0 unspecified atom stereocenters. The fourth-order valence-electron chi connectivity index (χ4n) is 0.783. The Morgan fingerprint density at radius 3 is 3.17 bits per heavy atom. The number of hydrogen-bond acceptors (Lipinski definition) is 3. The third-order valence-electron chi connectivity index (χ3n) is 1.33. The number of nitrogens with one attached hydrogen (secondary N) is 1. The number of hydrogen-bond donors (Lipinski definition) is 1. The van der Waals surface area contributed by atoms with Crippen LogP contribution < -0.4 is 5.32 Å². The van der Waals surface area contributed by atoms with Crippen molar-refractivity contribution >= 4 is 28.8 Å². The van der Waals surface area contributed by atoms with E-state index in [0.717, 1.165) is 18.8 Å². The molecule has 12 heavy (non-hydrogen) atoms. The van der Waals surface area contributed by atoms with Crippen molar-refractivity contribution in [2.45, 2.75) is 13.3 Å². The first-order valence-corrected chi connectivity index (χ1v) is 5.04. The van der Waals surface area contributed by atoms with Crippen molar-refractivity contribution in [3.63, 3.8) is 0 Å². The van der Waals surface area contributed by atoms with E-state index in [4.69, 9.17) is 11.6 Å². The Hall–Kier alpha value is -0.540. The number of thiazole rings is 1. The van der Waals surface area contributed by atoms with Gasteiger partial charge in [-0.3, -0.25) is 0 Å². The van der Waals surface area contributed by atoms with E-state index >= 15 is 0 Å². The minimum Gasteiger partial charge on any atom is -0.369 e. The van der Waals surface area contributed by atoms with E-state index in [1.165, 1.54) is 11.3 Å². The zero-order valence-corrected chi connectivity index (χ0v) is 8.45. The fraction of sp³-hybridized carbons (Fsp3) is 0.375. The normalized spacial score (nSPS) is 10.8. The standard InChI is InChI=1S/C8H11ClN2S/c1-2-3-4-5-10-7-6-12-8(9)11-7/h2-3,6,10H,4-5H2,1H3/b3-2+. The van der Waals surface area contributed by atoms with Crippen LogP contribution in [0.25, 0.3) is 0 Å². The van der Waals surface area contributed by atoms with Gasteiger partial charge in [-0.15, -0.1) is 11.3 Å². The second-order valence-electron chi connectivity index (χ2n) is 2.27. The minimum atomic E-state index is 0.587. The average molecular weight is 203 g/mol. The highest BCUT2D eigenvalue weighted by Gasteiger charge is 1.95. The molecular weight excluding hydrogens is 192 g/mol. The summed E-state index contributed by atoms with van der Waals surface area (Å²) in [6, 6.07) is 0. The van der Waals surface area contributed by atoms with Crippen LogP contribution in [0.3, 0.4) is 0 Å². The topological polar surface area (TPSA) is 24.9 Å². The average Bonchev–Trinajstić information content (AvgIpc) is 2.45. The van der Waals surface area contributed by atoms with Gasteiger partial charge in [-0.1, -0.05) is 23.8 Å². The largest absolute Gasteiger partial charge is 0.369 e. The van der Waals surface area contributed by atoms with Crippen LogP contribution in [-0.2, 0) is 0 Å². The first-order valence-electron chi connectivity index (χ1n) is 3.79. The number of allylic oxidation sites excluding steroid dienone is 1. The maximum atomic E-state index is 5.65. The van der Waals surface area contributed by atoms with E-state index in [-0.39, 0.29) is 0 Å². The van der Waals surface area contributed by atoms with Crippen molar-refractivity contribution in [3.8, 4) is 0 Å². The SMILES string of the molecule is C/C=C/CCNc1csc(Cl)n1. The zero-order chi connectivity index (χ0) is 8.81. The molecule has 0 fully saturated rings. The second kappa shape index (κ2) is 5.17. The van der Waals surface area contributed by atoms with Gasteiger partial charge in [0.15, 0.2) is 4.47 Å². The number of aromatic nitrogens is 1. The molecule has 0 aromatic carbocycles. The highest BCUT2D eigenvalue weighted by molar-refractivity contribution is 7.14. The summed E-state index contributed by atoms with van der Waals surface area (Å²) in [6.07, 6.45) is 5.17. The van der Waals surface area contributed by atoms with Crippen LogP contribution in [0, 0.1) is 0 Å². The molecular formula is C8H11ClN2S. The minimum absolute atomic E-state index is 0.587. The monoisotopic (exact) mass is 202 g/mol. The molecule has 1 N–H and O–H groups in total. The van der Waals surface area contributed by atoms with Gasteiger partial charge in [-0.2, -0.15) is 0 Å². The van der Waals surface area contributed by atoms with Gasteiger partial charge in [0.1, 0.15) is 5.82 Å². The predicted molar refractivity (Wildman–Crippen MR) is 55.0 cm³/mol. The van der Waals surface area contributed by atoms with E-state index in [9.17, 15) is 0 Å². The van der Waals surface area contributed by atoms with Crippen molar-refractivity contribution in [1.29, 1.82) is 0 Å². The summed E-state index contributed by atoms with van der Waals surface area (Å²) in [5, 5.41) is 5.08.